The highest BCUT2D eigenvalue weighted by molar-refractivity contribution is 7.87. The third kappa shape index (κ3) is 2.97. The van der Waals surface area contributed by atoms with Gasteiger partial charge < -0.3 is 25.5 Å². The number of carboxylic acids is 2. The van der Waals surface area contributed by atoms with E-state index in [1.807, 2.05) is 0 Å². The second-order valence-corrected chi connectivity index (χ2v) is 3.64. The predicted molar refractivity (Wildman–Crippen MR) is 33.3 cm³/mol. The number of carbonyl (C=O) groups excluding carboxylic acids is 2. The van der Waals surface area contributed by atoms with Gasteiger partial charge in [0, 0.05) is 0 Å². The maximum absolute atomic E-state index is 10.3. The Morgan fingerprint density at radius 2 is 1.62 bits per heavy atom. The van der Waals surface area contributed by atoms with E-state index in [-0.39, 0.29) is 0 Å². The Balaban J connectivity index is 5.07. The molecule has 0 rings (SSSR count). The summed E-state index contributed by atoms with van der Waals surface area (Å²) < 4.78 is 28.8. The van der Waals surface area contributed by atoms with E-state index in [0.717, 1.165) is 0 Å². The van der Waals surface area contributed by atoms with E-state index in [0.29, 0.717) is 0 Å². The summed E-state index contributed by atoms with van der Waals surface area (Å²) in [5.41, 5.74) is 4.63. The Hall–Kier alpha value is -1.19. The van der Waals surface area contributed by atoms with Crippen molar-refractivity contribution in [3.8, 4) is 0 Å². The molecule has 0 aliphatic heterocycles. The average Bonchev–Trinajstić information content (AvgIpc) is 1.82. The molecular formula is C4H5NO7S-2. The largest absolute Gasteiger partial charge is 0.549 e. The number of nitrogens with two attached hydrogens (primary N) is 1. The third-order valence-electron chi connectivity index (χ3n) is 1.15. The van der Waals surface area contributed by atoms with Crippen LogP contribution < -0.4 is 15.9 Å². The van der Waals surface area contributed by atoms with Gasteiger partial charge in [-0.3, -0.25) is 4.55 Å². The Kier molecular flexibility index (Phi) is 3.34. The smallest absolute Gasteiger partial charge is 0.275 e. The average molecular weight is 211 g/mol. The SMILES string of the molecule is NC(C(=O)[O-])C(C(=O)[O-])S(=O)(=O)O. The number of hydrogen-bond acceptors (Lipinski definition) is 7. The van der Waals surface area contributed by atoms with Crippen LogP contribution in [0, 0.1) is 0 Å². The van der Waals surface area contributed by atoms with Crippen LogP contribution in [0.5, 0.6) is 0 Å². The number of hydrogen-bond donors (Lipinski definition) is 2. The maximum Gasteiger partial charge on any atom is 0.275 e. The quantitative estimate of drug-likeness (QED) is 0.437. The number of rotatable bonds is 4. The lowest BCUT2D eigenvalue weighted by Gasteiger charge is -2.22. The minimum atomic E-state index is -5.12. The standard InChI is InChI=1S/C4H7NO7S/c5-1(3(6)7)2(4(8)9)13(10,11)12/h1-2H,5H2,(H,6,7)(H,8,9)(H,10,11,12)/p-2. The lowest BCUT2D eigenvalue weighted by molar-refractivity contribution is -0.316. The van der Waals surface area contributed by atoms with Gasteiger partial charge >= 0.3 is 0 Å². The summed E-state index contributed by atoms with van der Waals surface area (Å²) >= 11 is 0. The van der Waals surface area contributed by atoms with Crippen LogP contribution in [-0.2, 0) is 19.7 Å². The summed E-state index contributed by atoms with van der Waals surface area (Å²) in [5.74, 6) is -4.42. The summed E-state index contributed by atoms with van der Waals surface area (Å²) in [5, 5.41) is 17.3. The molecule has 3 N–H and O–H groups in total. The van der Waals surface area contributed by atoms with Crippen molar-refractivity contribution >= 4 is 22.1 Å². The van der Waals surface area contributed by atoms with Crippen molar-refractivity contribution in [3.63, 3.8) is 0 Å². The molecule has 0 saturated heterocycles. The van der Waals surface area contributed by atoms with Crippen LogP contribution in [0.1, 0.15) is 0 Å². The van der Waals surface area contributed by atoms with Crippen LogP contribution in [0.4, 0.5) is 0 Å². The molecule has 13 heavy (non-hydrogen) atoms. The monoisotopic (exact) mass is 211 g/mol. The van der Waals surface area contributed by atoms with Gasteiger partial charge in [-0.25, -0.2) is 0 Å². The molecule has 2 atom stereocenters. The Labute approximate surface area is 72.7 Å². The first-order valence-corrected chi connectivity index (χ1v) is 4.32. The number of carbonyl (C=O) groups is 2. The molecule has 76 valence electrons. The van der Waals surface area contributed by atoms with Crippen LogP contribution in [0.2, 0.25) is 0 Å². The van der Waals surface area contributed by atoms with Crippen LogP contribution in [0.15, 0.2) is 0 Å². The maximum atomic E-state index is 10.3. The molecule has 0 aromatic carbocycles. The van der Waals surface area contributed by atoms with E-state index in [1.54, 1.807) is 0 Å². The van der Waals surface area contributed by atoms with Crippen molar-refractivity contribution < 1.29 is 32.8 Å². The molecule has 0 radical (unpaired) electrons. The zero-order chi connectivity index (χ0) is 10.8. The van der Waals surface area contributed by atoms with Gasteiger partial charge in [0.2, 0.25) is 0 Å². The van der Waals surface area contributed by atoms with Crippen LogP contribution in [0.3, 0.4) is 0 Å². The fraction of sp³-hybridized carbons (Fsp3) is 0.500. The molecule has 0 fully saturated rings. The lowest BCUT2D eigenvalue weighted by Crippen LogP contribution is -2.58. The predicted octanol–water partition coefficient (Wildman–Crippen LogP) is -4.93. The van der Waals surface area contributed by atoms with Crippen molar-refractivity contribution in [2.75, 3.05) is 0 Å². The van der Waals surface area contributed by atoms with Gasteiger partial charge in [0.25, 0.3) is 10.1 Å². The van der Waals surface area contributed by atoms with E-state index in [9.17, 15) is 28.2 Å². The van der Waals surface area contributed by atoms with Crippen LogP contribution in [0.25, 0.3) is 0 Å². The minimum absolute atomic E-state index is 2.12. The van der Waals surface area contributed by atoms with Crippen molar-refractivity contribution in [1.82, 2.24) is 0 Å². The Morgan fingerprint density at radius 3 is 1.69 bits per heavy atom. The molecule has 0 bridgehead atoms. The second kappa shape index (κ2) is 3.68. The molecule has 9 heteroatoms. The summed E-state index contributed by atoms with van der Waals surface area (Å²) in [4.78, 5) is 20.1. The molecule has 2 unspecified atom stereocenters. The zero-order valence-electron chi connectivity index (χ0n) is 6.04. The van der Waals surface area contributed by atoms with Crippen LogP contribution in [-0.4, -0.2) is 36.2 Å². The van der Waals surface area contributed by atoms with Gasteiger partial charge in [0.05, 0.1) is 18.0 Å². The van der Waals surface area contributed by atoms with Crippen LogP contribution >= 0.6 is 0 Å². The Morgan fingerprint density at radius 1 is 1.23 bits per heavy atom. The fourth-order valence-corrected chi connectivity index (χ4v) is 1.30. The van der Waals surface area contributed by atoms with Gasteiger partial charge in [-0.05, 0) is 0 Å². The topological polar surface area (TPSA) is 161 Å². The van der Waals surface area contributed by atoms with Gasteiger partial charge in [0.15, 0.2) is 0 Å². The van der Waals surface area contributed by atoms with E-state index >= 15 is 0 Å². The first-order valence-electron chi connectivity index (χ1n) is 2.81. The highest BCUT2D eigenvalue weighted by Gasteiger charge is 2.31. The van der Waals surface area contributed by atoms with Crippen molar-refractivity contribution in [3.05, 3.63) is 0 Å². The van der Waals surface area contributed by atoms with Gasteiger partial charge in [0.1, 0.15) is 5.25 Å². The van der Waals surface area contributed by atoms with Gasteiger partial charge in [-0.15, -0.1) is 0 Å². The summed E-state index contributed by atoms with van der Waals surface area (Å²) in [6.45, 7) is 0. The molecule has 0 spiro atoms. The Bertz CT molecular complexity index is 319. The first-order chi connectivity index (χ1) is 5.68. The van der Waals surface area contributed by atoms with E-state index in [2.05, 4.69) is 5.73 Å². The highest BCUT2D eigenvalue weighted by Crippen LogP contribution is 2.01. The fourth-order valence-electron chi connectivity index (χ4n) is 0.577. The van der Waals surface area contributed by atoms with E-state index < -0.39 is 33.3 Å². The molecular weight excluding hydrogens is 206 g/mol. The van der Waals surface area contributed by atoms with E-state index in [4.69, 9.17) is 4.55 Å². The number of aliphatic carboxylic acids is 2. The third-order valence-corrected chi connectivity index (χ3v) is 2.28. The van der Waals surface area contributed by atoms with Gasteiger partial charge in [-0.1, -0.05) is 0 Å². The molecule has 0 aliphatic rings. The summed E-state index contributed by atoms with van der Waals surface area (Å²) in [7, 11) is -5.12. The molecule has 0 aromatic rings. The highest BCUT2D eigenvalue weighted by atomic mass is 32.2. The van der Waals surface area contributed by atoms with Crippen molar-refractivity contribution in [1.29, 1.82) is 0 Å². The molecule has 0 aliphatic carbocycles. The molecule has 0 saturated carbocycles. The lowest BCUT2D eigenvalue weighted by atomic mass is 10.2. The minimum Gasteiger partial charge on any atom is -0.549 e. The summed E-state index contributed by atoms with van der Waals surface area (Å²) in [6, 6.07) is -2.38. The van der Waals surface area contributed by atoms with E-state index in [1.165, 1.54) is 0 Å². The van der Waals surface area contributed by atoms with Gasteiger partial charge in [-0.2, -0.15) is 8.42 Å². The molecule has 0 amide bonds. The molecule has 8 nitrogen and oxygen atoms in total. The second-order valence-electron chi connectivity index (χ2n) is 2.10. The normalized spacial score (nSPS) is 16.2. The van der Waals surface area contributed by atoms with Crippen molar-refractivity contribution in [2.45, 2.75) is 11.3 Å². The zero-order valence-corrected chi connectivity index (χ0v) is 6.85. The summed E-state index contributed by atoms with van der Waals surface area (Å²) in [6.07, 6.45) is 0. The molecule has 0 aromatic heterocycles. The van der Waals surface area contributed by atoms with Crippen molar-refractivity contribution in [2.24, 2.45) is 5.73 Å². The number of carboxylic acid groups (broad SMARTS) is 2. The molecule has 0 heterocycles. The first kappa shape index (κ1) is 11.8.